The Morgan fingerprint density at radius 2 is 2.46 bits per heavy atom. The number of aliphatic hydroxyl groups is 1. The van der Waals surface area contributed by atoms with E-state index in [0.29, 0.717) is 6.54 Å². The summed E-state index contributed by atoms with van der Waals surface area (Å²) in [6.45, 7) is 3.69. The molecule has 0 amide bonds. The molecule has 0 saturated heterocycles. The molecule has 0 aliphatic carbocycles. The Kier molecular flexibility index (Phi) is 3.85. The lowest BCUT2D eigenvalue weighted by Crippen LogP contribution is -2.24. The average Bonchev–Trinajstić information content (AvgIpc) is 2.52. The van der Waals surface area contributed by atoms with E-state index in [1.54, 1.807) is 6.33 Å². The predicted octanol–water partition coefficient (Wildman–Crippen LogP) is -0.467. The highest BCUT2D eigenvalue weighted by Crippen LogP contribution is 1.92. The summed E-state index contributed by atoms with van der Waals surface area (Å²) in [5.41, 5.74) is 0. The Morgan fingerprint density at radius 1 is 1.69 bits per heavy atom. The van der Waals surface area contributed by atoms with Crippen LogP contribution in [0.2, 0.25) is 0 Å². The first-order valence-corrected chi connectivity index (χ1v) is 4.38. The van der Waals surface area contributed by atoms with Crippen molar-refractivity contribution >= 4 is 0 Å². The van der Waals surface area contributed by atoms with Crippen molar-refractivity contribution in [2.24, 2.45) is 13.0 Å². The van der Waals surface area contributed by atoms with E-state index in [-0.39, 0.29) is 12.5 Å². The fourth-order valence-corrected chi connectivity index (χ4v) is 0.962. The van der Waals surface area contributed by atoms with Gasteiger partial charge in [0, 0.05) is 20.2 Å². The molecule has 1 atom stereocenters. The quantitative estimate of drug-likeness (QED) is 0.649. The smallest absolute Gasteiger partial charge is 0.146 e. The van der Waals surface area contributed by atoms with E-state index in [1.807, 2.05) is 18.5 Å². The molecular weight excluding hydrogens is 168 g/mol. The van der Waals surface area contributed by atoms with Crippen molar-refractivity contribution in [3.8, 4) is 0 Å². The second-order valence-corrected chi connectivity index (χ2v) is 3.28. The van der Waals surface area contributed by atoms with E-state index in [2.05, 4.69) is 15.5 Å². The van der Waals surface area contributed by atoms with Crippen LogP contribution >= 0.6 is 0 Å². The van der Waals surface area contributed by atoms with Crippen LogP contribution in [0.1, 0.15) is 12.7 Å². The van der Waals surface area contributed by atoms with Crippen molar-refractivity contribution in [2.45, 2.75) is 13.5 Å². The van der Waals surface area contributed by atoms with Gasteiger partial charge in [-0.05, 0) is 5.92 Å². The molecule has 1 rings (SSSR count). The third-order valence-corrected chi connectivity index (χ3v) is 1.89. The Bertz CT molecular complexity index is 248. The number of aryl methyl sites for hydroxylation is 1. The number of hydrogen-bond donors (Lipinski definition) is 2. The number of nitrogens with zero attached hydrogens (tertiary/aromatic N) is 3. The molecule has 1 aromatic rings. The number of aliphatic hydroxyl groups excluding tert-OH is 1. The van der Waals surface area contributed by atoms with Crippen LogP contribution in [-0.2, 0) is 13.6 Å². The molecule has 5 nitrogen and oxygen atoms in total. The minimum absolute atomic E-state index is 0.214. The van der Waals surface area contributed by atoms with Crippen LogP contribution in [0.3, 0.4) is 0 Å². The molecule has 0 bridgehead atoms. The summed E-state index contributed by atoms with van der Waals surface area (Å²) in [7, 11) is 1.91. The van der Waals surface area contributed by atoms with Gasteiger partial charge in [0.2, 0.25) is 0 Å². The molecule has 0 aromatic carbocycles. The first kappa shape index (κ1) is 10.1. The molecule has 1 heterocycles. The van der Waals surface area contributed by atoms with Gasteiger partial charge in [0.25, 0.3) is 0 Å². The third-order valence-electron chi connectivity index (χ3n) is 1.89. The fraction of sp³-hybridized carbons (Fsp3) is 0.750. The van der Waals surface area contributed by atoms with Crippen molar-refractivity contribution in [3.05, 3.63) is 12.2 Å². The van der Waals surface area contributed by atoms with E-state index in [1.165, 1.54) is 0 Å². The van der Waals surface area contributed by atoms with E-state index in [0.717, 1.165) is 12.4 Å². The zero-order valence-electron chi connectivity index (χ0n) is 8.06. The second-order valence-electron chi connectivity index (χ2n) is 3.28. The van der Waals surface area contributed by atoms with Gasteiger partial charge < -0.3 is 15.0 Å². The molecule has 0 saturated carbocycles. The highest BCUT2D eigenvalue weighted by molar-refractivity contribution is 4.82. The Hall–Kier alpha value is -0.940. The maximum Gasteiger partial charge on any atom is 0.146 e. The molecule has 13 heavy (non-hydrogen) atoms. The van der Waals surface area contributed by atoms with E-state index in [9.17, 15) is 0 Å². The largest absolute Gasteiger partial charge is 0.396 e. The number of hydrogen-bond acceptors (Lipinski definition) is 4. The zero-order valence-corrected chi connectivity index (χ0v) is 8.06. The van der Waals surface area contributed by atoms with Gasteiger partial charge in [0.15, 0.2) is 0 Å². The van der Waals surface area contributed by atoms with Gasteiger partial charge in [0.05, 0.1) is 6.54 Å². The number of aromatic nitrogens is 3. The average molecular weight is 184 g/mol. The van der Waals surface area contributed by atoms with Gasteiger partial charge in [-0.15, -0.1) is 10.2 Å². The van der Waals surface area contributed by atoms with Gasteiger partial charge in [-0.2, -0.15) is 0 Å². The molecule has 0 fully saturated rings. The molecule has 0 aliphatic heterocycles. The van der Waals surface area contributed by atoms with Crippen molar-refractivity contribution in [3.63, 3.8) is 0 Å². The summed E-state index contributed by atoms with van der Waals surface area (Å²) in [4.78, 5) is 0. The van der Waals surface area contributed by atoms with Crippen LogP contribution in [0.15, 0.2) is 6.33 Å². The molecular formula is C8H16N4O. The minimum atomic E-state index is 0.214. The van der Waals surface area contributed by atoms with Crippen LogP contribution in [-0.4, -0.2) is 33.0 Å². The third kappa shape index (κ3) is 3.12. The lowest BCUT2D eigenvalue weighted by atomic mass is 10.2. The molecule has 0 spiro atoms. The highest BCUT2D eigenvalue weighted by Gasteiger charge is 2.01. The van der Waals surface area contributed by atoms with Crippen molar-refractivity contribution in [1.29, 1.82) is 0 Å². The number of rotatable bonds is 5. The summed E-state index contributed by atoms with van der Waals surface area (Å²) < 4.78 is 1.87. The minimum Gasteiger partial charge on any atom is -0.396 e. The van der Waals surface area contributed by atoms with Crippen LogP contribution in [0.25, 0.3) is 0 Å². The lowest BCUT2D eigenvalue weighted by molar-refractivity contribution is 0.233. The normalized spacial score (nSPS) is 13.2. The highest BCUT2D eigenvalue weighted by atomic mass is 16.3. The maximum atomic E-state index is 8.77. The summed E-state index contributed by atoms with van der Waals surface area (Å²) in [6, 6.07) is 0. The molecule has 2 N–H and O–H groups in total. The topological polar surface area (TPSA) is 63.0 Å². The maximum absolute atomic E-state index is 8.77. The van der Waals surface area contributed by atoms with Gasteiger partial charge in [0.1, 0.15) is 12.2 Å². The van der Waals surface area contributed by atoms with Crippen molar-refractivity contribution in [1.82, 2.24) is 20.1 Å². The molecule has 74 valence electrons. The molecule has 5 heteroatoms. The van der Waals surface area contributed by atoms with Gasteiger partial charge >= 0.3 is 0 Å². The summed E-state index contributed by atoms with van der Waals surface area (Å²) in [6.07, 6.45) is 1.67. The first-order chi connectivity index (χ1) is 6.24. The monoisotopic (exact) mass is 184 g/mol. The summed E-state index contributed by atoms with van der Waals surface area (Å²) >= 11 is 0. The Labute approximate surface area is 77.8 Å². The van der Waals surface area contributed by atoms with E-state index < -0.39 is 0 Å². The van der Waals surface area contributed by atoms with E-state index >= 15 is 0 Å². The molecule has 0 radical (unpaired) electrons. The Balaban J connectivity index is 2.24. The Morgan fingerprint density at radius 3 is 3.00 bits per heavy atom. The van der Waals surface area contributed by atoms with Crippen LogP contribution in [0.4, 0.5) is 0 Å². The van der Waals surface area contributed by atoms with Crippen molar-refractivity contribution < 1.29 is 5.11 Å². The first-order valence-electron chi connectivity index (χ1n) is 4.38. The molecule has 1 unspecified atom stereocenters. The van der Waals surface area contributed by atoms with Crippen LogP contribution in [0.5, 0.6) is 0 Å². The predicted molar refractivity (Wildman–Crippen MR) is 49.0 cm³/mol. The second kappa shape index (κ2) is 4.94. The molecule has 1 aromatic heterocycles. The van der Waals surface area contributed by atoms with Crippen LogP contribution < -0.4 is 5.32 Å². The van der Waals surface area contributed by atoms with E-state index in [4.69, 9.17) is 5.11 Å². The summed E-state index contributed by atoms with van der Waals surface area (Å²) in [5, 5.41) is 19.7. The fourth-order valence-electron chi connectivity index (χ4n) is 0.962. The summed E-state index contributed by atoms with van der Waals surface area (Å²) in [5.74, 6) is 1.19. The van der Waals surface area contributed by atoms with Gasteiger partial charge in [-0.25, -0.2) is 0 Å². The SMILES string of the molecule is CC(CO)CNCc1nncn1C. The standard InChI is InChI=1S/C8H16N4O/c1-7(5-13)3-9-4-8-11-10-6-12(8)2/h6-7,9,13H,3-5H2,1-2H3. The van der Waals surface area contributed by atoms with Gasteiger partial charge in [-0.3, -0.25) is 0 Å². The van der Waals surface area contributed by atoms with Gasteiger partial charge in [-0.1, -0.05) is 6.92 Å². The lowest BCUT2D eigenvalue weighted by Gasteiger charge is -2.08. The molecule has 0 aliphatic rings. The van der Waals surface area contributed by atoms with Crippen molar-refractivity contribution in [2.75, 3.05) is 13.2 Å². The van der Waals surface area contributed by atoms with Crippen LogP contribution in [0, 0.1) is 5.92 Å². The number of nitrogens with one attached hydrogen (secondary N) is 1. The zero-order chi connectivity index (χ0) is 9.68.